The zero-order valence-corrected chi connectivity index (χ0v) is 17.4. The smallest absolute Gasteiger partial charge is 0.250 e. The van der Waals surface area contributed by atoms with Crippen LogP contribution in [0.1, 0.15) is 5.56 Å². The highest BCUT2D eigenvalue weighted by Crippen LogP contribution is 2.18. The normalized spacial score (nSPS) is 10.7. The van der Waals surface area contributed by atoms with Gasteiger partial charge in [0.15, 0.2) is 0 Å². The second-order valence-corrected chi connectivity index (χ2v) is 7.13. The van der Waals surface area contributed by atoms with Crippen molar-refractivity contribution >= 4 is 51.4 Å². The quantitative estimate of drug-likeness (QED) is 0.247. The monoisotopic (exact) mass is 459 g/mol. The van der Waals surface area contributed by atoms with Crippen molar-refractivity contribution in [1.82, 2.24) is 15.0 Å². The SMILES string of the molecule is Brc1cccc(C=NNc2nc(Nc3ccccc3)nc(Nc3ccccc3)n2)c1. The van der Waals surface area contributed by atoms with Gasteiger partial charge >= 0.3 is 0 Å². The molecule has 0 spiro atoms. The summed E-state index contributed by atoms with van der Waals surface area (Å²) in [6.07, 6.45) is 1.70. The molecule has 3 aromatic carbocycles. The molecule has 0 saturated carbocycles. The highest BCUT2D eigenvalue weighted by Gasteiger charge is 2.07. The van der Waals surface area contributed by atoms with Crippen LogP contribution in [0.5, 0.6) is 0 Å². The van der Waals surface area contributed by atoms with Crippen LogP contribution < -0.4 is 16.1 Å². The third-order valence-electron chi connectivity index (χ3n) is 3.92. The van der Waals surface area contributed by atoms with Gasteiger partial charge in [-0.1, -0.05) is 64.5 Å². The van der Waals surface area contributed by atoms with Gasteiger partial charge in [0.25, 0.3) is 0 Å². The molecule has 1 aromatic heterocycles. The van der Waals surface area contributed by atoms with Gasteiger partial charge in [0, 0.05) is 15.8 Å². The van der Waals surface area contributed by atoms with Gasteiger partial charge in [-0.15, -0.1) is 0 Å². The van der Waals surface area contributed by atoms with Crippen molar-refractivity contribution in [3.05, 3.63) is 95.0 Å². The molecule has 1 heterocycles. The van der Waals surface area contributed by atoms with E-state index in [2.05, 4.69) is 52.0 Å². The Kier molecular flexibility index (Phi) is 6.26. The lowest BCUT2D eigenvalue weighted by Crippen LogP contribution is -2.07. The number of hydrogen-bond acceptors (Lipinski definition) is 7. The molecule has 0 fully saturated rings. The van der Waals surface area contributed by atoms with Crippen LogP contribution in [-0.4, -0.2) is 21.2 Å². The Bertz CT molecular complexity index is 1070. The molecule has 8 heteroatoms. The van der Waals surface area contributed by atoms with E-state index in [0.29, 0.717) is 17.8 Å². The minimum Gasteiger partial charge on any atom is -0.324 e. The van der Waals surface area contributed by atoms with Gasteiger partial charge in [0.1, 0.15) is 0 Å². The zero-order chi connectivity index (χ0) is 20.6. The summed E-state index contributed by atoms with van der Waals surface area (Å²) in [5.74, 6) is 1.11. The fourth-order valence-electron chi connectivity index (χ4n) is 2.59. The lowest BCUT2D eigenvalue weighted by molar-refractivity contribution is 1.04. The Hall–Kier alpha value is -3.78. The molecule has 4 rings (SSSR count). The average Bonchev–Trinajstić information content (AvgIpc) is 2.75. The molecule has 4 aromatic rings. The van der Waals surface area contributed by atoms with Crippen LogP contribution in [0.15, 0.2) is 94.5 Å². The summed E-state index contributed by atoms with van der Waals surface area (Å²) in [4.78, 5) is 13.3. The highest BCUT2D eigenvalue weighted by molar-refractivity contribution is 9.10. The van der Waals surface area contributed by atoms with Gasteiger partial charge in [-0.2, -0.15) is 20.1 Å². The molecule has 0 saturated heterocycles. The number of nitrogens with zero attached hydrogens (tertiary/aromatic N) is 4. The van der Waals surface area contributed by atoms with Crippen LogP contribution in [0.25, 0.3) is 0 Å². The maximum Gasteiger partial charge on any atom is 0.250 e. The van der Waals surface area contributed by atoms with Crippen LogP contribution in [0, 0.1) is 0 Å². The predicted molar refractivity (Wildman–Crippen MR) is 125 cm³/mol. The molecular formula is C22H18BrN7. The molecule has 0 aliphatic rings. The Morgan fingerprint density at radius 2 is 1.23 bits per heavy atom. The molecule has 0 bridgehead atoms. The van der Waals surface area contributed by atoms with E-state index in [1.165, 1.54) is 0 Å². The van der Waals surface area contributed by atoms with E-state index >= 15 is 0 Å². The van der Waals surface area contributed by atoms with Crippen molar-refractivity contribution in [2.24, 2.45) is 5.10 Å². The van der Waals surface area contributed by atoms with Crippen molar-refractivity contribution in [3.8, 4) is 0 Å². The molecule has 30 heavy (non-hydrogen) atoms. The predicted octanol–water partition coefficient (Wildman–Crippen LogP) is 5.57. The molecule has 0 aliphatic heterocycles. The summed E-state index contributed by atoms with van der Waals surface area (Å²) >= 11 is 3.45. The highest BCUT2D eigenvalue weighted by atomic mass is 79.9. The number of para-hydroxylation sites is 2. The number of hydrazone groups is 1. The lowest BCUT2D eigenvalue weighted by Gasteiger charge is -2.10. The topological polar surface area (TPSA) is 87.1 Å². The molecule has 7 nitrogen and oxygen atoms in total. The molecule has 0 atom stereocenters. The molecule has 3 N–H and O–H groups in total. The average molecular weight is 460 g/mol. The fraction of sp³-hybridized carbons (Fsp3) is 0. The minimum atomic E-state index is 0.313. The number of aromatic nitrogens is 3. The fourth-order valence-corrected chi connectivity index (χ4v) is 3.01. The van der Waals surface area contributed by atoms with Gasteiger partial charge in [-0.25, -0.2) is 5.43 Å². The van der Waals surface area contributed by atoms with E-state index in [0.717, 1.165) is 21.4 Å². The summed E-state index contributed by atoms with van der Waals surface area (Å²) in [6.45, 7) is 0. The van der Waals surface area contributed by atoms with Crippen LogP contribution in [0.2, 0.25) is 0 Å². The summed E-state index contributed by atoms with van der Waals surface area (Å²) < 4.78 is 0.982. The van der Waals surface area contributed by atoms with Gasteiger partial charge in [-0.05, 0) is 42.0 Å². The van der Waals surface area contributed by atoms with Crippen molar-refractivity contribution < 1.29 is 0 Å². The standard InChI is InChI=1S/C22H18BrN7/c23-17-9-7-8-16(14-17)15-24-30-22-28-20(25-18-10-3-1-4-11-18)27-21(29-22)26-19-12-5-2-6-13-19/h1-15H,(H3,25,26,27,28,29,30). The van der Waals surface area contributed by atoms with Crippen molar-refractivity contribution in [2.45, 2.75) is 0 Å². The first-order chi connectivity index (χ1) is 14.7. The number of benzene rings is 3. The van der Waals surface area contributed by atoms with Crippen molar-refractivity contribution in [3.63, 3.8) is 0 Å². The largest absolute Gasteiger partial charge is 0.324 e. The first-order valence-electron chi connectivity index (χ1n) is 9.19. The van der Waals surface area contributed by atoms with Gasteiger partial charge < -0.3 is 10.6 Å². The molecule has 0 radical (unpaired) electrons. The molecule has 0 amide bonds. The van der Waals surface area contributed by atoms with E-state index in [9.17, 15) is 0 Å². The molecular weight excluding hydrogens is 442 g/mol. The molecule has 0 aliphatic carbocycles. The number of hydrogen-bond donors (Lipinski definition) is 3. The maximum atomic E-state index is 4.46. The summed E-state index contributed by atoms with van der Waals surface area (Å²) in [5, 5.41) is 10.6. The van der Waals surface area contributed by atoms with Crippen LogP contribution in [-0.2, 0) is 0 Å². The first kappa shape index (κ1) is 19.5. The Morgan fingerprint density at radius 1 is 0.667 bits per heavy atom. The number of rotatable bonds is 7. The van der Waals surface area contributed by atoms with E-state index in [1.54, 1.807) is 6.21 Å². The number of anilines is 5. The van der Waals surface area contributed by atoms with E-state index in [4.69, 9.17) is 0 Å². The third-order valence-corrected chi connectivity index (χ3v) is 4.42. The minimum absolute atomic E-state index is 0.313. The van der Waals surface area contributed by atoms with Gasteiger partial charge in [0.2, 0.25) is 17.8 Å². The van der Waals surface area contributed by atoms with Crippen LogP contribution >= 0.6 is 15.9 Å². The van der Waals surface area contributed by atoms with Crippen LogP contribution in [0.4, 0.5) is 29.2 Å². The van der Waals surface area contributed by atoms with Gasteiger partial charge in [0.05, 0.1) is 6.21 Å². The van der Waals surface area contributed by atoms with Crippen molar-refractivity contribution in [1.29, 1.82) is 0 Å². The van der Waals surface area contributed by atoms with E-state index < -0.39 is 0 Å². The van der Waals surface area contributed by atoms with E-state index in [1.807, 2.05) is 84.9 Å². The summed E-state index contributed by atoms with van der Waals surface area (Å²) in [7, 11) is 0. The first-order valence-corrected chi connectivity index (χ1v) is 9.99. The Labute approximate surface area is 182 Å². The third kappa shape index (κ3) is 5.62. The van der Waals surface area contributed by atoms with Gasteiger partial charge in [-0.3, -0.25) is 0 Å². The summed E-state index contributed by atoms with van der Waals surface area (Å²) in [5.41, 5.74) is 5.56. The molecule has 148 valence electrons. The molecule has 0 unspecified atom stereocenters. The van der Waals surface area contributed by atoms with Crippen LogP contribution in [0.3, 0.4) is 0 Å². The summed E-state index contributed by atoms with van der Waals surface area (Å²) in [6, 6.07) is 27.2. The number of halogens is 1. The number of nitrogens with one attached hydrogen (secondary N) is 3. The Balaban J connectivity index is 1.57. The Morgan fingerprint density at radius 3 is 1.80 bits per heavy atom. The second-order valence-electron chi connectivity index (χ2n) is 6.21. The van der Waals surface area contributed by atoms with Crippen molar-refractivity contribution in [2.75, 3.05) is 16.1 Å². The zero-order valence-electron chi connectivity index (χ0n) is 15.8. The maximum absolute atomic E-state index is 4.46. The second kappa shape index (κ2) is 9.62. The van der Waals surface area contributed by atoms with E-state index in [-0.39, 0.29) is 0 Å². The lowest BCUT2D eigenvalue weighted by atomic mass is 10.2.